The highest BCUT2D eigenvalue weighted by Crippen LogP contribution is 2.39. The minimum atomic E-state index is -4.25. The molecule has 0 amide bonds. The van der Waals surface area contributed by atoms with E-state index in [2.05, 4.69) is 24.7 Å². The molecule has 1 atom stereocenters. The van der Waals surface area contributed by atoms with Gasteiger partial charge >= 0.3 is 6.18 Å². The lowest BCUT2D eigenvalue weighted by Gasteiger charge is -2.23. The molecule has 1 saturated heterocycles. The van der Waals surface area contributed by atoms with Crippen LogP contribution in [0.5, 0.6) is 0 Å². The van der Waals surface area contributed by atoms with Crippen LogP contribution < -0.4 is 0 Å². The van der Waals surface area contributed by atoms with Crippen LogP contribution in [0.2, 0.25) is 0 Å². The van der Waals surface area contributed by atoms with Gasteiger partial charge in [-0.2, -0.15) is 13.2 Å². The number of alkyl halides is 3. The summed E-state index contributed by atoms with van der Waals surface area (Å²) in [4.78, 5) is 4.29. The van der Waals surface area contributed by atoms with Crippen LogP contribution in [-0.2, 0) is 11.3 Å². The SMILES string of the molecule is CN(Cc1nnc(C2CC2)o1)[C@@H]1CCN(CCOCC(F)(F)F)C1. The van der Waals surface area contributed by atoms with Crippen molar-refractivity contribution in [1.82, 2.24) is 20.0 Å². The van der Waals surface area contributed by atoms with Crippen LogP contribution >= 0.6 is 0 Å². The summed E-state index contributed by atoms with van der Waals surface area (Å²) in [5, 5.41) is 8.17. The van der Waals surface area contributed by atoms with Gasteiger partial charge in [0, 0.05) is 25.0 Å². The van der Waals surface area contributed by atoms with E-state index in [1.165, 1.54) is 0 Å². The number of likely N-dealkylation sites (N-methyl/N-ethyl adjacent to an activating group) is 1. The summed E-state index contributed by atoms with van der Waals surface area (Å²) in [5.74, 6) is 1.83. The van der Waals surface area contributed by atoms with E-state index >= 15 is 0 Å². The van der Waals surface area contributed by atoms with Crippen LogP contribution in [0.4, 0.5) is 13.2 Å². The number of hydrogen-bond donors (Lipinski definition) is 0. The zero-order chi connectivity index (χ0) is 17.2. The van der Waals surface area contributed by atoms with E-state index < -0.39 is 12.8 Å². The third-order valence-corrected chi connectivity index (χ3v) is 4.48. The average molecular weight is 348 g/mol. The Bertz CT molecular complexity index is 533. The van der Waals surface area contributed by atoms with Gasteiger partial charge in [-0.3, -0.25) is 9.80 Å². The maximum atomic E-state index is 12.0. The minimum absolute atomic E-state index is 0.102. The van der Waals surface area contributed by atoms with E-state index in [0.29, 0.717) is 30.9 Å². The summed E-state index contributed by atoms with van der Waals surface area (Å²) < 4.78 is 46.4. The Balaban J connectivity index is 1.36. The lowest BCUT2D eigenvalue weighted by molar-refractivity contribution is -0.174. The summed E-state index contributed by atoms with van der Waals surface area (Å²) in [5.41, 5.74) is 0. The molecule has 2 fully saturated rings. The van der Waals surface area contributed by atoms with Crippen molar-refractivity contribution < 1.29 is 22.3 Å². The van der Waals surface area contributed by atoms with E-state index in [-0.39, 0.29) is 6.61 Å². The molecule has 2 aliphatic rings. The first-order chi connectivity index (χ1) is 11.4. The predicted molar refractivity (Wildman–Crippen MR) is 79.5 cm³/mol. The molecule has 1 aromatic heterocycles. The highest BCUT2D eigenvalue weighted by Gasteiger charge is 2.31. The molecule has 3 rings (SSSR count). The van der Waals surface area contributed by atoms with Crippen LogP contribution in [0, 0.1) is 0 Å². The molecule has 0 aromatic carbocycles. The summed E-state index contributed by atoms with van der Waals surface area (Å²) in [6, 6.07) is 0.337. The molecule has 136 valence electrons. The van der Waals surface area contributed by atoms with Crippen LogP contribution in [0.25, 0.3) is 0 Å². The van der Waals surface area contributed by atoms with Crippen molar-refractivity contribution >= 4 is 0 Å². The van der Waals surface area contributed by atoms with Crippen molar-refractivity contribution in [3.63, 3.8) is 0 Å². The maximum absolute atomic E-state index is 12.0. The fraction of sp³-hybridized carbons (Fsp3) is 0.867. The fourth-order valence-corrected chi connectivity index (χ4v) is 2.92. The van der Waals surface area contributed by atoms with Crippen molar-refractivity contribution in [2.75, 3.05) is 39.9 Å². The number of likely N-dealkylation sites (tertiary alicyclic amines) is 1. The summed E-state index contributed by atoms with van der Waals surface area (Å²) in [6.45, 7) is 1.72. The van der Waals surface area contributed by atoms with Crippen molar-refractivity contribution in [3.8, 4) is 0 Å². The van der Waals surface area contributed by atoms with E-state index in [9.17, 15) is 13.2 Å². The summed E-state index contributed by atoms with van der Waals surface area (Å²) >= 11 is 0. The number of hydrogen-bond acceptors (Lipinski definition) is 6. The molecule has 9 heteroatoms. The number of rotatable bonds is 8. The Labute approximate surface area is 138 Å². The first kappa shape index (κ1) is 17.6. The highest BCUT2D eigenvalue weighted by molar-refractivity contribution is 5.00. The first-order valence-electron chi connectivity index (χ1n) is 8.30. The standard InChI is InChI=1S/C15H23F3N4O2/c1-21(9-13-19-20-14(24-13)11-2-3-11)12-4-5-22(8-12)6-7-23-10-15(16,17)18/h11-12H,2-10H2,1H3/t12-/m1/s1. The molecule has 0 N–H and O–H groups in total. The monoisotopic (exact) mass is 348 g/mol. The van der Waals surface area contributed by atoms with E-state index in [1.807, 2.05) is 7.05 Å². The summed E-state index contributed by atoms with van der Waals surface area (Å²) in [7, 11) is 2.01. The second-order valence-corrected chi connectivity index (χ2v) is 6.63. The van der Waals surface area contributed by atoms with Crippen LogP contribution in [0.1, 0.15) is 37.0 Å². The molecule has 1 aliphatic carbocycles. The third kappa shape index (κ3) is 5.15. The van der Waals surface area contributed by atoms with Gasteiger partial charge in [0.15, 0.2) is 0 Å². The zero-order valence-electron chi connectivity index (χ0n) is 13.8. The van der Waals surface area contributed by atoms with Gasteiger partial charge in [-0.05, 0) is 32.9 Å². The van der Waals surface area contributed by atoms with Crippen molar-refractivity contribution in [2.24, 2.45) is 0 Å². The quantitative estimate of drug-likeness (QED) is 0.670. The smallest absolute Gasteiger partial charge is 0.411 e. The van der Waals surface area contributed by atoms with Gasteiger partial charge in [0.05, 0.1) is 13.2 Å². The van der Waals surface area contributed by atoms with Gasteiger partial charge in [-0.15, -0.1) is 10.2 Å². The first-order valence-corrected chi connectivity index (χ1v) is 8.30. The topological polar surface area (TPSA) is 54.6 Å². The van der Waals surface area contributed by atoms with Crippen molar-refractivity contribution in [3.05, 3.63) is 11.8 Å². The van der Waals surface area contributed by atoms with Gasteiger partial charge in [0.1, 0.15) is 6.61 Å². The molecule has 1 saturated carbocycles. The molecule has 0 bridgehead atoms. The molecule has 6 nitrogen and oxygen atoms in total. The lowest BCUT2D eigenvalue weighted by atomic mass is 10.2. The molecular formula is C15H23F3N4O2. The van der Waals surface area contributed by atoms with E-state index in [4.69, 9.17) is 4.42 Å². The Hall–Kier alpha value is -1.19. The van der Waals surface area contributed by atoms with Gasteiger partial charge in [0.2, 0.25) is 11.8 Å². The second-order valence-electron chi connectivity index (χ2n) is 6.63. The minimum Gasteiger partial charge on any atom is -0.424 e. The molecule has 0 radical (unpaired) electrons. The Morgan fingerprint density at radius 2 is 2.08 bits per heavy atom. The summed E-state index contributed by atoms with van der Waals surface area (Å²) in [6.07, 6.45) is -1.02. The van der Waals surface area contributed by atoms with Gasteiger partial charge in [0.25, 0.3) is 0 Å². The van der Waals surface area contributed by atoms with Gasteiger partial charge in [-0.1, -0.05) is 0 Å². The molecule has 0 spiro atoms. The molecule has 2 heterocycles. The average Bonchev–Trinajstić information content (AvgIpc) is 3.07. The van der Waals surface area contributed by atoms with E-state index in [0.717, 1.165) is 38.2 Å². The number of aromatic nitrogens is 2. The molecule has 24 heavy (non-hydrogen) atoms. The van der Waals surface area contributed by atoms with Gasteiger partial charge < -0.3 is 9.15 Å². The molecular weight excluding hydrogens is 325 g/mol. The third-order valence-electron chi connectivity index (χ3n) is 4.48. The highest BCUT2D eigenvalue weighted by atomic mass is 19.4. The Morgan fingerprint density at radius 1 is 1.29 bits per heavy atom. The lowest BCUT2D eigenvalue weighted by Crippen LogP contribution is -2.35. The van der Waals surface area contributed by atoms with E-state index in [1.54, 1.807) is 0 Å². The van der Waals surface area contributed by atoms with Crippen LogP contribution in [-0.4, -0.2) is 72.1 Å². The van der Waals surface area contributed by atoms with Crippen LogP contribution in [0.15, 0.2) is 4.42 Å². The number of ether oxygens (including phenoxy) is 1. The zero-order valence-corrected chi connectivity index (χ0v) is 13.8. The van der Waals surface area contributed by atoms with Gasteiger partial charge in [-0.25, -0.2) is 0 Å². The Kier molecular flexibility index (Phi) is 5.41. The van der Waals surface area contributed by atoms with Crippen LogP contribution in [0.3, 0.4) is 0 Å². The number of halogens is 3. The second kappa shape index (κ2) is 7.37. The normalized spacial score (nSPS) is 22.6. The maximum Gasteiger partial charge on any atom is 0.411 e. The number of nitrogens with zero attached hydrogens (tertiary/aromatic N) is 4. The molecule has 1 aromatic rings. The molecule has 0 unspecified atom stereocenters. The molecule has 1 aliphatic heterocycles. The largest absolute Gasteiger partial charge is 0.424 e. The Morgan fingerprint density at radius 3 is 2.79 bits per heavy atom. The van der Waals surface area contributed by atoms with Crippen molar-refractivity contribution in [2.45, 2.75) is 43.9 Å². The fourth-order valence-electron chi connectivity index (χ4n) is 2.92. The predicted octanol–water partition coefficient (Wildman–Crippen LogP) is 2.03. The van der Waals surface area contributed by atoms with Crippen molar-refractivity contribution in [1.29, 1.82) is 0 Å².